The third-order valence-electron chi connectivity index (χ3n) is 5.62. The number of benzene rings is 2. The van der Waals surface area contributed by atoms with E-state index in [-0.39, 0.29) is 11.3 Å². The molecule has 1 aliphatic rings. The lowest BCUT2D eigenvalue weighted by Gasteiger charge is -2.29. The molecule has 1 aromatic heterocycles. The first-order valence-electron chi connectivity index (χ1n) is 9.87. The van der Waals surface area contributed by atoms with Crippen molar-refractivity contribution in [2.24, 2.45) is 5.92 Å². The Labute approximate surface area is 164 Å². The van der Waals surface area contributed by atoms with Crippen molar-refractivity contribution in [1.29, 1.82) is 5.26 Å². The Kier molecular flexibility index (Phi) is 5.41. The van der Waals surface area contributed by atoms with Gasteiger partial charge < -0.3 is 15.0 Å². The van der Waals surface area contributed by atoms with Crippen LogP contribution in [-0.2, 0) is 6.42 Å². The standard InChI is InChI=1S/C23H24N4O/c24-15-19(23-25-20-8-4-5-9-21(20)26-23)22(28)16-27-12-10-18(11-13-27)14-17-6-2-1-3-7-17/h1-9,18,28H,10-14,16H2,(H,25,26)/p+1/b22-19-. The summed E-state index contributed by atoms with van der Waals surface area (Å²) in [4.78, 5) is 8.91. The average Bonchev–Trinajstić information content (AvgIpc) is 3.14. The van der Waals surface area contributed by atoms with Crippen LogP contribution in [-0.4, -0.2) is 34.7 Å². The second kappa shape index (κ2) is 8.28. The molecular formula is C23H25N4O+. The Balaban J connectivity index is 1.40. The molecule has 4 rings (SSSR count). The monoisotopic (exact) mass is 373 g/mol. The van der Waals surface area contributed by atoms with Gasteiger partial charge in [-0.05, 0) is 42.9 Å². The van der Waals surface area contributed by atoms with E-state index in [0.29, 0.717) is 18.3 Å². The molecule has 1 saturated heterocycles. The number of aromatic nitrogens is 2. The molecule has 0 spiro atoms. The maximum atomic E-state index is 10.6. The van der Waals surface area contributed by atoms with E-state index in [2.05, 4.69) is 46.4 Å². The molecule has 0 radical (unpaired) electrons. The highest BCUT2D eigenvalue weighted by Gasteiger charge is 2.24. The molecule has 3 aromatic rings. The van der Waals surface area contributed by atoms with Gasteiger partial charge >= 0.3 is 0 Å². The van der Waals surface area contributed by atoms with Crippen molar-refractivity contribution in [2.45, 2.75) is 19.3 Å². The molecule has 0 atom stereocenters. The fourth-order valence-corrected chi connectivity index (χ4v) is 4.06. The van der Waals surface area contributed by atoms with E-state index in [4.69, 9.17) is 0 Å². The van der Waals surface area contributed by atoms with Crippen molar-refractivity contribution in [3.8, 4) is 6.07 Å². The third-order valence-corrected chi connectivity index (χ3v) is 5.62. The summed E-state index contributed by atoms with van der Waals surface area (Å²) in [6.07, 6.45) is 3.41. The molecule has 1 fully saturated rings. The SMILES string of the molecule is N#C/C(=C(/O)C[NH+]1CCC(Cc2ccccc2)CC1)c1nc2ccccc2[nH]1. The molecule has 5 heteroatoms. The molecule has 0 saturated carbocycles. The van der Waals surface area contributed by atoms with Gasteiger partial charge in [0.1, 0.15) is 18.2 Å². The van der Waals surface area contributed by atoms with Crippen LogP contribution in [0.25, 0.3) is 16.6 Å². The number of quaternary nitrogens is 1. The Hall–Kier alpha value is -3.10. The number of likely N-dealkylation sites (tertiary alicyclic amines) is 1. The highest BCUT2D eigenvalue weighted by molar-refractivity contribution is 5.82. The van der Waals surface area contributed by atoms with Crippen molar-refractivity contribution in [3.63, 3.8) is 0 Å². The zero-order chi connectivity index (χ0) is 19.3. The van der Waals surface area contributed by atoms with Gasteiger partial charge in [0.05, 0.1) is 24.1 Å². The van der Waals surface area contributed by atoms with Crippen LogP contribution in [0.5, 0.6) is 0 Å². The third kappa shape index (κ3) is 4.08. The van der Waals surface area contributed by atoms with Crippen LogP contribution in [0.15, 0.2) is 60.4 Å². The molecule has 1 aliphatic heterocycles. The fourth-order valence-electron chi connectivity index (χ4n) is 4.06. The summed E-state index contributed by atoms with van der Waals surface area (Å²) >= 11 is 0. The first-order chi connectivity index (χ1) is 13.7. The molecule has 0 bridgehead atoms. The summed E-state index contributed by atoms with van der Waals surface area (Å²) in [6.45, 7) is 2.50. The van der Waals surface area contributed by atoms with Crippen LogP contribution >= 0.6 is 0 Å². The molecule has 3 N–H and O–H groups in total. The molecule has 142 valence electrons. The van der Waals surface area contributed by atoms with Gasteiger partial charge in [0.2, 0.25) is 0 Å². The quantitative estimate of drug-likeness (QED) is 0.475. The predicted octanol–water partition coefficient (Wildman–Crippen LogP) is 2.89. The number of nitrogens with zero attached hydrogens (tertiary/aromatic N) is 2. The number of hydrogen-bond donors (Lipinski definition) is 3. The van der Waals surface area contributed by atoms with E-state index < -0.39 is 0 Å². The number of nitrogens with one attached hydrogen (secondary N) is 2. The smallest absolute Gasteiger partial charge is 0.169 e. The zero-order valence-electron chi connectivity index (χ0n) is 15.9. The number of aliphatic hydroxyl groups is 1. The summed E-state index contributed by atoms with van der Waals surface area (Å²) in [7, 11) is 0. The lowest BCUT2D eigenvalue weighted by Crippen LogP contribution is -3.13. The second-order valence-corrected chi connectivity index (χ2v) is 7.60. The maximum absolute atomic E-state index is 10.6. The largest absolute Gasteiger partial charge is 0.506 e. The number of allylic oxidation sites excluding steroid dienone is 1. The lowest BCUT2D eigenvalue weighted by atomic mass is 9.90. The van der Waals surface area contributed by atoms with Crippen LogP contribution in [0.4, 0.5) is 0 Å². The number of rotatable bonds is 5. The molecule has 5 nitrogen and oxygen atoms in total. The summed E-state index contributed by atoms with van der Waals surface area (Å²) in [5.74, 6) is 1.26. The van der Waals surface area contributed by atoms with Gasteiger partial charge in [-0.2, -0.15) is 5.26 Å². The van der Waals surface area contributed by atoms with Crippen LogP contribution in [0, 0.1) is 17.2 Å². The number of aliphatic hydroxyl groups excluding tert-OH is 1. The Morgan fingerprint density at radius 1 is 1.11 bits per heavy atom. The molecular weight excluding hydrogens is 348 g/mol. The van der Waals surface area contributed by atoms with E-state index >= 15 is 0 Å². The molecule has 28 heavy (non-hydrogen) atoms. The minimum atomic E-state index is 0.123. The van der Waals surface area contributed by atoms with Gasteiger partial charge in [-0.25, -0.2) is 4.98 Å². The topological polar surface area (TPSA) is 77.1 Å². The van der Waals surface area contributed by atoms with Crippen molar-refractivity contribution in [2.75, 3.05) is 19.6 Å². The molecule has 0 aliphatic carbocycles. The second-order valence-electron chi connectivity index (χ2n) is 7.60. The minimum Gasteiger partial charge on any atom is -0.506 e. The Morgan fingerprint density at radius 2 is 1.82 bits per heavy atom. The highest BCUT2D eigenvalue weighted by Crippen LogP contribution is 2.19. The number of fused-ring (bicyclic) bond motifs is 1. The van der Waals surface area contributed by atoms with Crippen LogP contribution < -0.4 is 4.90 Å². The van der Waals surface area contributed by atoms with Gasteiger partial charge in [-0.15, -0.1) is 0 Å². The number of nitriles is 1. The van der Waals surface area contributed by atoms with E-state index in [1.54, 1.807) is 0 Å². The lowest BCUT2D eigenvalue weighted by molar-refractivity contribution is -0.902. The van der Waals surface area contributed by atoms with E-state index in [1.807, 2.05) is 24.3 Å². The van der Waals surface area contributed by atoms with Crippen LogP contribution in [0.3, 0.4) is 0 Å². The van der Waals surface area contributed by atoms with Gasteiger partial charge in [0, 0.05) is 0 Å². The normalized spacial score (nSPS) is 20.5. The van der Waals surface area contributed by atoms with Crippen LogP contribution in [0.1, 0.15) is 24.2 Å². The van der Waals surface area contributed by atoms with Gasteiger partial charge in [-0.3, -0.25) is 0 Å². The average molecular weight is 373 g/mol. The molecule has 2 heterocycles. The predicted molar refractivity (Wildman–Crippen MR) is 110 cm³/mol. The van der Waals surface area contributed by atoms with Gasteiger partial charge in [0.25, 0.3) is 0 Å². The fraction of sp³-hybridized carbons (Fsp3) is 0.304. The Morgan fingerprint density at radius 3 is 2.54 bits per heavy atom. The first-order valence-corrected chi connectivity index (χ1v) is 9.87. The number of aromatic amines is 1. The van der Waals surface area contributed by atoms with E-state index in [0.717, 1.165) is 43.4 Å². The highest BCUT2D eigenvalue weighted by atomic mass is 16.3. The number of piperidine rings is 1. The molecule has 0 unspecified atom stereocenters. The van der Waals surface area contributed by atoms with Crippen molar-refractivity contribution in [3.05, 3.63) is 71.7 Å². The number of imidazole rings is 1. The van der Waals surface area contributed by atoms with Gasteiger partial charge in [0.15, 0.2) is 11.6 Å². The number of H-pyrrole nitrogens is 1. The van der Waals surface area contributed by atoms with Crippen molar-refractivity contribution >= 4 is 16.6 Å². The molecule has 2 aromatic carbocycles. The summed E-state index contributed by atoms with van der Waals surface area (Å²) in [6, 6.07) is 20.4. The maximum Gasteiger partial charge on any atom is 0.169 e. The number of para-hydroxylation sites is 2. The summed E-state index contributed by atoms with van der Waals surface area (Å²) in [5, 5.41) is 20.2. The Bertz CT molecular complexity index is 975. The van der Waals surface area contributed by atoms with E-state index in [1.165, 1.54) is 10.5 Å². The number of hydrogen-bond acceptors (Lipinski definition) is 3. The minimum absolute atomic E-state index is 0.123. The van der Waals surface area contributed by atoms with Gasteiger partial charge in [-0.1, -0.05) is 42.5 Å². The van der Waals surface area contributed by atoms with E-state index in [9.17, 15) is 10.4 Å². The van der Waals surface area contributed by atoms with Crippen molar-refractivity contribution in [1.82, 2.24) is 9.97 Å². The van der Waals surface area contributed by atoms with Crippen LogP contribution in [0.2, 0.25) is 0 Å². The zero-order valence-corrected chi connectivity index (χ0v) is 15.9. The summed E-state index contributed by atoms with van der Waals surface area (Å²) in [5.41, 5.74) is 3.31. The first kappa shape index (κ1) is 18.3. The summed E-state index contributed by atoms with van der Waals surface area (Å²) < 4.78 is 0. The molecule has 0 amide bonds. The van der Waals surface area contributed by atoms with Crippen molar-refractivity contribution < 1.29 is 10.0 Å².